The second-order valence-corrected chi connectivity index (χ2v) is 5.90. The van der Waals surface area contributed by atoms with Gasteiger partial charge in [-0.25, -0.2) is 9.78 Å². The maximum absolute atomic E-state index is 12.2. The van der Waals surface area contributed by atoms with Crippen LogP contribution in [-0.4, -0.2) is 16.1 Å². The first-order valence-electron chi connectivity index (χ1n) is 8.06. The predicted molar refractivity (Wildman–Crippen MR) is 90.8 cm³/mol. The number of hydrogen-bond donors (Lipinski definition) is 1. The normalized spacial score (nSPS) is 16.4. The zero-order valence-electron chi connectivity index (χ0n) is 13.1. The molecule has 1 aliphatic carbocycles. The molecule has 0 radical (unpaired) electrons. The molecule has 120 valence electrons. The number of aromatic nitrogens is 2. The van der Waals surface area contributed by atoms with Crippen LogP contribution in [0.5, 0.6) is 5.88 Å². The molecule has 0 aliphatic heterocycles. The number of ether oxygens (including phenoxy) is 1. The topological polar surface area (TPSA) is 64.1 Å². The highest BCUT2D eigenvalue weighted by Crippen LogP contribution is 2.29. The maximum atomic E-state index is 12.2. The summed E-state index contributed by atoms with van der Waals surface area (Å²) in [5.41, 5.74) is 3.22. The van der Waals surface area contributed by atoms with Crippen molar-refractivity contribution in [2.45, 2.75) is 25.3 Å². The van der Waals surface area contributed by atoms with Gasteiger partial charge in [0.05, 0.1) is 11.6 Å². The van der Waals surface area contributed by atoms with Gasteiger partial charge in [0.1, 0.15) is 0 Å². The van der Waals surface area contributed by atoms with Crippen molar-refractivity contribution in [1.82, 2.24) is 15.3 Å². The number of pyridine rings is 2. The summed E-state index contributed by atoms with van der Waals surface area (Å²) in [4.78, 5) is 20.6. The molecule has 0 saturated carbocycles. The molecule has 5 nitrogen and oxygen atoms in total. The van der Waals surface area contributed by atoms with Crippen molar-refractivity contribution in [2.24, 2.45) is 0 Å². The number of rotatable bonds is 2. The minimum atomic E-state index is -0.474. The van der Waals surface area contributed by atoms with Gasteiger partial charge in [-0.3, -0.25) is 4.98 Å². The van der Waals surface area contributed by atoms with E-state index in [0.29, 0.717) is 0 Å². The van der Waals surface area contributed by atoms with Crippen molar-refractivity contribution in [2.75, 3.05) is 0 Å². The summed E-state index contributed by atoms with van der Waals surface area (Å²) in [5.74, 6) is 0.287. The van der Waals surface area contributed by atoms with E-state index in [1.165, 1.54) is 11.1 Å². The van der Waals surface area contributed by atoms with Gasteiger partial charge in [0.15, 0.2) is 0 Å². The van der Waals surface area contributed by atoms with E-state index in [0.717, 1.165) is 30.2 Å². The van der Waals surface area contributed by atoms with Crippen LogP contribution in [0, 0.1) is 0 Å². The Morgan fingerprint density at radius 1 is 1.17 bits per heavy atom. The van der Waals surface area contributed by atoms with Crippen molar-refractivity contribution < 1.29 is 9.53 Å². The number of carbonyl (C=O) groups is 1. The fourth-order valence-corrected chi connectivity index (χ4v) is 3.17. The Morgan fingerprint density at radius 2 is 2.08 bits per heavy atom. The molecule has 0 fully saturated rings. The third-order valence-corrected chi connectivity index (χ3v) is 4.32. The number of hydrogen-bond acceptors (Lipinski definition) is 4. The summed E-state index contributed by atoms with van der Waals surface area (Å²) < 4.78 is 5.36. The van der Waals surface area contributed by atoms with Gasteiger partial charge in [-0.15, -0.1) is 0 Å². The van der Waals surface area contributed by atoms with E-state index in [9.17, 15) is 4.79 Å². The number of nitrogens with one attached hydrogen (secondary N) is 1. The molecule has 1 aromatic carbocycles. The van der Waals surface area contributed by atoms with Crippen molar-refractivity contribution in [3.05, 3.63) is 66.0 Å². The first-order chi connectivity index (χ1) is 11.8. The van der Waals surface area contributed by atoms with Gasteiger partial charge >= 0.3 is 6.09 Å². The van der Waals surface area contributed by atoms with Crippen LogP contribution in [0.4, 0.5) is 4.79 Å². The zero-order chi connectivity index (χ0) is 16.4. The Balaban J connectivity index is 1.48. The number of carbonyl (C=O) groups excluding carboxylic acids is 1. The van der Waals surface area contributed by atoms with Gasteiger partial charge in [0, 0.05) is 23.8 Å². The van der Waals surface area contributed by atoms with E-state index in [4.69, 9.17) is 4.74 Å². The highest BCUT2D eigenvalue weighted by molar-refractivity contribution is 5.78. The fourth-order valence-electron chi connectivity index (χ4n) is 3.17. The Kier molecular flexibility index (Phi) is 3.83. The molecule has 4 rings (SSSR count). The van der Waals surface area contributed by atoms with E-state index in [1.54, 1.807) is 24.5 Å². The monoisotopic (exact) mass is 319 g/mol. The van der Waals surface area contributed by atoms with Crippen LogP contribution in [0.25, 0.3) is 10.9 Å². The standard InChI is InChI=1S/C19H17N3O2/c23-19(22-17-7-3-5-13-4-1-2-6-15(13)17)24-18-9-8-14-12-20-11-10-16(14)21-18/h1-2,4,6,8-12,17H,3,5,7H2,(H,22,23). The molecule has 0 bridgehead atoms. The molecule has 1 atom stereocenters. The lowest BCUT2D eigenvalue weighted by molar-refractivity contribution is 0.193. The van der Waals surface area contributed by atoms with E-state index >= 15 is 0 Å². The Morgan fingerprint density at radius 3 is 3.04 bits per heavy atom. The molecule has 0 spiro atoms. The van der Waals surface area contributed by atoms with Crippen molar-refractivity contribution in [3.63, 3.8) is 0 Å². The lowest BCUT2D eigenvalue weighted by Crippen LogP contribution is -2.33. The zero-order valence-corrected chi connectivity index (χ0v) is 13.1. The molecular formula is C19H17N3O2. The van der Waals surface area contributed by atoms with E-state index in [2.05, 4.69) is 27.4 Å². The molecule has 1 aliphatic rings. The van der Waals surface area contributed by atoms with Gasteiger partial charge in [-0.2, -0.15) is 0 Å². The predicted octanol–water partition coefficient (Wildman–Crippen LogP) is 3.80. The smallest absolute Gasteiger partial charge is 0.391 e. The minimum Gasteiger partial charge on any atom is -0.391 e. The quantitative estimate of drug-likeness (QED) is 0.780. The number of amides is 1. The molecule has 24 heavy (non-hydrogen) atoms. The average molecular weight is 319 g/mol. The van der Waals surface area contributed by atoms with Crippen LogP contribution in [0.2, 0.25) is 0 Å². The number of nitrogens with zero attached hydrogens (tertiary/aromatic N) is 2. The van der Waals surface area contributed by atoms with Crippen LogP contribution in [0.1, 0.15) is 30.0 Å². The lowest BCUT2D eigenvalue weighted by atomic mass is 9.88. The largest absolute Gasteiger partial charge is 0.414 e. The summed E-state index contributed by atoms with van der Waals surface area (Å²) in [6.07, 6.45) is 5.96. The second kappa shape index (κ2) is 6.28. The van der Waals surface area contributed by atoms with Gasteiger partial charge in [0.2, 0.25) is 5.88 Å². The van der Waals surface area contributed by atoms with Gasteiger partial charge in [-0.1, -0.05) is 24.3 Å². The number of aryl methyl sites for hydroxylation is 1. The molecule has 1 unspecified atom stereocenters. The van der Waals surface area contributed by atoms with Crippen LogP contribution in [-0.2, 0) is 6.42 Å². The van der Waals surface area contributed by atoms with Crippen LogP contribution in [0.3, 0.4) is 0 Å². The molecule has 3 aromatic rings. The number of benzene rings is 1. The van der Waals surface area contributed by atoms with Gasteiger partial charge in [0.25, 0.3) is 0 Å². The van der Waals surface area contributed by atoms with Gasteiger partial charge in [-0.05, 0) is 42.5 Å². The molecule has 5 heteroatoms. The van der Waals surface area contributed by atoms with E-state index < -0.39 is 6.09 Å². The minimum absolute atomic E-state index is 0.00731. The third-order valence-electron chi connectivity index (χ3n) is 4.32. The molecule has 2 heterocycles. The summed E-state index contributed by atoms with van der Waals surface area (Å²) in [7, 11) is 0. The van der Waals surface area contributed by atoms with Crippen molar-refractivity contribution in [1.29, 1.82) is 0 Å². The van der Waals surface area contributed by atoms with E-state index in [1.807, 2.05) is 18.2 Å². The summed E-state index contributed by atoms with van der Waals surface area (Å²) in [6, 6.07) is 13.5. The van der Waals surface area contributed by atoms with Crippen molar-refractivity contribution >= 4 is 17.0 Å². The summed E-state index contributed by atoms with van der Waals surface area (Å²) in [5, 5.41) is 3.87. The Bertz CT molecular complexity index is 894. The number of fused-ring (bicyclic) bond motifs is 2. The highest BCUT2D eigenvalue weighted by Gasteiger charge is 2.22. The maximum Gasteiger partial charge on any atom is 0.414 e. The Hall–Kier alpha value is -2.95. The van der Waals surface area contributed by atoms with Crippen LogP contribution in [0.15, 0.2) is 54.9 Å². The summed E-state index contributed by atoms with van der Waals surface area (Å²) >= 11 is 0. The van der Waals surface area contributed by atoms with Crippen LogP contribution < -0.4 is 10.1 Å². The first kappa shape index (κ1) is 14.6. The Labute approximate surface area is 139 Å². The van der Waals surface area contributed by atoms with Crippen LogP contribution >= 0.6 is 0 Å². The molecule has 1 N–H and O–H groups in total. The molecular weight excluding hydrogens is 302 g/mol. The van der Waals surface area contributed by atoms with Gasteiger partial charge < -0.3 is 10.1 Å². The highest BCUT2D eigenvalue weighted by atomic mass is 16.6. The SMILES string of the molecule is O=C(NC1CCCc2ccccc21)Oc1ccc2cnccc2n1. The molecule has 2 aromatic heterocycles. The molecule has 1 amide bonds. The molecule has 0 saturated heterocycles. The lowest BCUT2D eigenvalue weighted by Gasteiger charge is -2.25. The van der Waals surface area contributed by atoms with E-state index in [-0.39, 0.29) is 11.9 Å². The fraction of sp³-hybridized carbons (Fsp3) is 0.211. The first-order valence-corrected chi connectivity index (χ1v) is 8.06. The van der Waals surface area contributed by atoms with Crippen molar-refractivity contribution in [3.8, 4) is 5.88 Å². The average Bonchev–Trinajstić information content (AvgIpc) is 2.62. The third kappa shape index (κ3) is 2.93. The second-order valence-electron chi connectivity index (χ2n) is 5.90. The summed E-state index contributed by atoms with van der Waals surface area (Å²) in [6.45, 7) is 0.